The summed E-state index contributed by atoms with van der Waals surface area (Å²) >= 11 is 0. The summed E-state index contributed by atoms with van der Waals surface area (Å²) in [5.74, 6) is 0.0500. The second-order valence-corrected chi connectivity index (χ2v) is 4.00. The number of hydrogen-bond donors (Lipinski definition) is 2. The van der Waals surface area contributed by atoms with Gasteiger partial charge in [-0.15, -0.1) is 0 Å². The SMILES string of the molecule is CCCCCC(=O)NNc1ccc(C)cc1. The minimum Gasteiger partial charge on any atom is -0.299 e. The first-order chi connectivity index (χ1) is 7.72. The number of rotatable bonds is 6. The van der Waals surface area contributed by atoms with Crippen LogP contribution in [-0.2, 0) is 4.79 Å². The lowest BCUT2D eigenvalue weighted by atomic mass is 10.2. The molecule has 1 rings (SSSR count). The second kappa shape index (κ2) is 6.88. The van der Waals surface area contributed by atoms with E-state index in [0.717, 1.165) is 24.9 Å². The van der Waals surface area contributed by atoms with Gasteiger partial charge in [-0.2, -0.15) is 0 Å². The van der Waals surface area contributed by atoms with E-state index in [1.807, 2.05) is 31.2 Å². The molecule has 1 amide bonds. The van der Waals surface area contributed by atoms with E-state index < -0.39 is 0 Å². The Kier molecular flexibility index (Phi) is 5.40. The minimum atomic E-state index is 0.0500. The second-order valence-electron chi connectivity index (χ2n) is 4.00. The van der Waals surface area contributed by atoms with Crippen LogP contribution in [0.4, 0.5) is 5.69 Å². The third-order valence-corrected chi connectivity index (χ3v) is 2.41. The van der Waals surface area contributed by atoms with Gasteiger partial charge in [-0.1, -0.05) is 37.5 Å². The maximum absolute atomic E-state index is 11.4. The fourth-order valence-electron chi connectivity index (χ4n) is 1.38. The van der Waals surface area contributed by atoms with Crippen molar-refractivity contribution >= 4 is 11.6 Å². The van der Waals surface area contributed by atoms with Crippen LogP contribution in [0.15, 0.2) is 24.3 Å². The molecule has 0 heterocycles. The van der Waals surface area contributed by atoms with Gasteiger partial charge in [0, 0.05) is 6.42 Å². The average Bonchev–Trinajstić information content (AvgIpc) is 2.29. The zero-order valence-corrected chi connectivity index (χ0v) is 10.0. The van der Waals surface area contributed by atoms with Gasteiger partial charge >= 0.3 is 0 Å². The van der Waals surface area contributed by atoms with Gasteiger partial charge in [-0.3, -0.25) is 15.6 Å². The van der Waals surface area contributed by atoms with Crippen molar-refractivity contribution in [1.29, 1.82) is 0 Å². The summed E-state index contributed by atoms with van der Waals surface area (Å²) < 4.78 is 0. The number of aryl methyl sites for hydroxylation is 1. The summed E-state index contributed by atoms with van der Waals surface area (Å²) in [6.07, 6.45) is 3.79. The van der Waals surface area contributed by atoms with Gasteiger partial charge in [0.1, 0.15) is 0 Å². The molecule has 16 heavy (non-hydrogen) atoms. The fourth-order valence-corrected chi connectivity index (χ4v) is 1.38. The van der Waals surface area contributed by atoms with Crippen LogP contribution in [0, 0.1) is 6.92 Å². The zero-order valence-electron chi connectivity index (χ0n) is 10.0. The summed E-state index contributed by atoms with van der Waals surface area (Å²) in [5.41, 5.74) is 7.71. The normalized spacial score (nSPS) is 9.88. The summed E-state index contributed by atoms with van der Waals surface area (Å²) in [4.78, 5) is 11.4. The molecule has 88 valence electrons. The molecule has 0 aliphatic rings. The number of hydrazine groups is 1. The van der Waals surface area contributed by atoms with Crippen LogP contribution in [0.1, 0.15) is 38.2 Å². The Balaban J connectivity index is 2.23. The van der Waals surface area contributed by atoms with Gasteiger partial charge in [0.25, 0.3) is 0 Å². The van der Waals surface area contributed by atoms with Crippen molar-refractivity contribution in [3.05, 3.63) is 29.8 Å². The average molecular weight is 220 g/mol. The Bertz CT molecular complexity index is 319. The van der Waals surface area contributed by atoms with E-state index >= 15 is 0 Å². The number of hydrogen-bond acceptors (Lipinski definition) is 2. The number of nitrogens with one attached hydrogen (secondary N) is 2. The Hall–Kier alpha value is -1.51. The smallest absolute Gasteiger partial charge is 0.238 e. The molecule has 0 atom stereocenters. The lowest BCUT2D eigenvalue weighted by molar-refractivity contribution is -0.120. The summed E-state index contributed by atoms with van der Waals surface area (Å²) in [5, 5.41) is 0. The van der Waals surface area contributed by atoms with Crippen LogP contribution in [0.3, 0.4) is 0 Å². The summed E-state index contributed by atoms with van der Waals surface area (Å²) in [6, 6.07) is 7.90. The Morgan fingerprint density at radius 1 is 1.19 bits per heavy atom. The number of carbonyl (C=O) groups excluding carboxylic acids is 1. The van der Waals surface area contributed by atoms with Crippen LogP contribution in [0.2, 0.25) is 0 Å². The maximum atomic E-state index is 11.4. The molecule has 0 unspecified atom stereocenters. The number of benzene rings is 1. The molecule has 0 bridgehead atoms. The van der Waals surface area contributed by atoms with Crippen molar-refractivity contribution in [2.24, 2.45) is 0 Å². The molecule has 3 heteroatoms. The van der Waals surface area contributed by atoms with Crippen molar-refractivity contribution in [3.63, 3.8) is 0 Å². The molecule has 0 saturated heterocycles. The molecular weight excluding hydrogens is 200 g/mol. The predicted molar refractivity (Wildman–Crippen MR) is 67.1 cm³/mol. The molecular formula is C13H20N2O. The van der Waals surface area contributed by atoms with Crippen molar-refractivity contribution in [2.75, 3.05) is 5.43 Å². The summed E-state index contributed by atoms with van der Waals surface area (Å²) in [6.45, 7) is 4.16. The van der Waals surface area contributed by atoms with Crippen LogP contribution >= 0.6 is 0 Å². The van der Waals surface area contributed by atoms with Crippen molar-refractivity contribution in [2.45, 2.75) is 39.5 Å². The van der Waals surface area contributed by atoms with E-state index in [0.29, 0.717) is 6.42 Å². The van der Waals surface area contributed by atoms with Crippen LogP contribution in [0.5, 0.6) is 0 Å². The highest BCUT2D eigenvalue weighted by molar-refractivity contribution is 5.77. The van der Waals surface area contributed by atoms with Gasteiger partial charge in [-0.25, -0.2) is 0 Å². The van der Waals surface area contributed by atoms with Crippen LogP contribution < -0.4 is 10.9 Å². The molecule has 2 N–H and O–H groups in total. The van der Waals surface area contributed by atoms with E-state index in [2.05, 4.69) is 17.8 Å². The summed E-state index contributed by atoms with van der Waals surface area (Å²) in [7, 11) is 0. The Labute approximate surface area is 97.2 Å². The highest BCUT2D eigenvalue weighted by Gasteiger charge is 1.99. The van der Waals surface area contributed by atoms with E-state index in [4.69, 9.17) is 0 Å². The Morgan fingerprint density at radius 3 is 2.50 bits per heavy atom. The number of amides is 1. The molecule has 0 aliphatic heterocycles. The minimum absolute atomic E-state index is 0.0500. The fraction of sp³-hybridized carbons (Fsp3) is 0.462. The molecule has 0 aromatic heterocycles. The molecule has 1 aromatic rings. The van der Waals surface area contributed by atoms with Gasteiger partial charge in [0.05, 0.1) is 5.69 Å². The predicted octanol–water partition coefficient (Wildman–Crippen LogP) is 3.02. The quantitative estimate of drug-likeness (QED) is 0.571. The lowest BCUT2D eigenvalue weighted by Crippen LogP contribution is -2.28. The van der Waals surface area contributed by atoms with Crippen LogP contribution in [0.25, 0.3) is 0 Å². The molecule has 0 saturated carbocycles. The molecule has 0 fully saturated rings. The van der Waals surface area contributed by atoms with Crippen molar-refractivity contribution < 1.29 is 4.79 Å². The highest BCUT2D eigenvalue weighted by Crippen LogP contribution is 2.07. The standard InChI is InChI=1S/C13H20N2O/c1-3-4-5-6-13(16)15-14-12-9-7-11(2)8-10-12/h7-10,14H,3-6H2,1-2H3,(H,15,16). The largest absolute Gasteiger partial charge is 0.299 e. The van der Waals surface area contributed by atoms with Crippen molar-refractivity contribution in [1.82, 2.24) is 5.43 Å². The molecule has 0 aliphatic carbocycles. The first-order valence-corrected chi connectivity index (χ1v) is 5.84. The monoisotopic (exact) mass is 220 g/mol. The topological polar surface area (TPSA) is 41.1 Å². The third-order valence-electron chi connectivity index (χ3n) is 2.41. The number of carbonyl (C=O) groups is 1. The van der Waals surface area contributed by atoms with Gasteiger partial charge in [-0.05, 0) is 25.5 Å². The maximum Gasteiger partial charge on any atom is 0.238 e. The number of anilines is 1. The van der Waals surface area contributed by atoms with Gasteiger partial charge < -0.3 is 0 Å². The van der Waals surface area contributed by atoms with E-state index in [1.165, 1.54) is 5.56 Å². The van der Waals surface area contributed by atoms with Crippen LogP contribution in [-0.4, -0.2) is 5.91 Å². The zero-order chi connectivity index (χ0) is 11.8. The molecule has 3 nitrogen and oxygen atoms in total. The first-order valence-electron chi connectivity index (χ1n) is 5.84. The third kappa shape index (κ3) is 4.82. The number of unbranched alkanes of at least 4 members (excludes halogenated alkanes) is 2. The molecule has 0 radical (unpaired) electrons. The van der Waals surface area contributed by atoms with E-state index in [1.54, 1.807) is 0 Å². The highest BCUT2D eigenvalue weighted by atomic mass is 16.2. The van der Waals surface area contributed by atoms with Gasteiger partial charge in [0.15, 0.2) is 0 Å². The lowest BCUT2D eigenvalue weighted by Gasteiger charge is -2.08. The molecule has 1 aromatic carbocycles. The Morgan fingerprint density at radius 2 is 1.88 bits per heavy atom. The van der Waals surface area contributed by atoms with E-state index in [9.17, 15) is 4.79 Å². The first kappa shape index (κ1) is 12.6. The van der Waals surface area contributed by atoms with Gasteiger partial charge in [0.2, 0.25) is 5.91 Å². The van der Waals surface area contributed by atoms with Crippen molar-refractivity contribution in [3.8, 4) is 0 Å². The van der Waals surface area contributed by atoms with E-state index in [-0.39, 0.29) is 5.91 Å². The molecule has 0 spiro atoms.